The number of carbonyl (C=O) groups is 1. The van der Waals surface area contributed by atoms with E-state index in [1.807, 2.05) is 17.0 Å². The van der Waals surface area contributed by atoms with Crippen LogP contribution < -0.4 is 5.32 Å². The number of rotatable bonds is 6. The summed E-state index contributed by atoms with van der Waals surface area (Å²) >= 11 is 3.39. The highest BCUT2D eigenvalue weighted by atomic mass is 35.5. The van der Waals surface area contributed by atoms with E-state index in [0.717, 1.165) is 13.2 Å². The van der Waals surface area contributed by atoms with Crippen LogP contribution in [0.25, 0.3) is 0 Å². The van der Waals surface area contributed by atoms with Crippen molar-refractivity contribution in [1.82, 2.24) is 10.2 Å². The Morgan fingerprint density at radius 1 is 1.22 bits per heavy atom. The number of nitrogens with zero attached hydrogens (tertiary/aromatic N) is 1. The summed E-state index contributed by atoms with van der Waals surface area (Å²) in [5.41, 5.74) is 0. The molecule has 2 aromatic heterocycles. The average Bonchev–Trinajstić information content (AvgIpc) is 3.21. The minimum absolute atomic E-state index is 0. The first-order valence-electron chi connectivity index (χ1n) is 7.45. The van der Waals surface area contributed by atoms with Gasteiger partial charge in [0.2, 0.25) is 5.91 Å². The van der Waals surface area contributed by atoms with E-state index < -0.39 is 0 Å². The van der Waals surface area contributed by atoms with Crippen LogP contribution in [0, 0.1) is 0 Å². The molecular formula is C16H21ClN2O2S2. The summed E-state index contributed by atoms with van der Waals surface area (Å²) in [6.07, 6.45) is 0.497. The minimum Gasteiger partial charge on any atom is -0.378 e. The summed E-state index contributed by atoms with van der Waals surface area (Å²) < 4.78 is 5.45. The lowest BCUT2D eigenvalue weighted by Crippen LogP contribution is -2.44. The van der Waals surface area contributed by atoms with Gasteiger partial charge in [-0.2, -0.15) is 0 Å². The lowest BCUT2D eigenvalue weighted by molar-refractivity contribution is -0.133. The van der Waals surface area contributed by atoms with Crippen molar-refractivity contribution in [2.24, 2.45) is 0 Å². The molecule has 0 radical (unpaired) electrons. The van der Waals surface area contributed by atoms with E-state index >= 15 is 0 Å². The number of thiophene rings is 2. The number of hydrogen-bond acceptors (Lipinski definition) is 5. The topological polar surface area (TPSA) is 41.6 Å². The van der Waals surface area contributed by atoms with Gasteiger partial charge in [-0.05, 0) is 22.9 Å². The van der Waals surface area contributed by atoms with Crippen molar-refractivity contribution >= 4 is 41.0 Å². The van der Waals surface area contributed by atoms with Gasteiger partial charge in [-0.3, -0.25) is 4.79 Å². The normalized spacial score (nSPS) is 17.5. The molecule has 23 heavy (non-hydrogen) atoms. The van der Waals surface area contributed by atoms with Gasteiger partial charge in [0, 0.05) is 28.8 Å². The van der Waals surface area contributed by atoms with Crippen molar-refractivity contribution in [2.75, 3.05) is 19.8 Å². The second-order valence-corrected chi connectivity index (χ2v) is 7.40. The Labute approximate surface area is 150 Å². The fourth-order valence-corrected chi connectivity index (χ4v) is 3.94. The summed E-state index contributed by atoms with van der Waals surface area (Å²) in [6.45, 7) is 3.55. The van der Waals surface area contributed by atoms with Crippen LogP contribution in [0.2, 0.25) is 0 Å². The minimum atomic E-state index is 0. The zero-order valence-corrected chi connectivity index (χ0v) is 15.2. The van der Waals surface area contributed by atoms with Gasteiger partial charge in [0.1, 0.15) is 0 Å². The van der Waals surface area contributed by atoms with Gasteiger partial charge >= 0.3 is 0 Å². The Morgan fingerprint density at radius 2 is 1.87 bits per heavy atom. The number of carbonyl (C=O) groups excluding carboxylic acids is 1. The van der Waals surface area contributed by atoms with E-state index in [0.29, 0.717) is 26.1 Å². The third kappa shape index (κ3) is 5.58. The molecule has 3 heterocycles. The zero-order chi connectivity index (χ0) is 15.2. The van der Waals surface area contributed by atoms with Gasteiger partial charge in [-0.1, -0.05) is 12.1 Å². The van der Waals surface area contributed by atoms with Crippen LogP contribution in [0.5, 0.6) is 0 Å². The molecule has 1 aliphatic heterocycles. The lowest BCUT2D eigenvalue weighted by atomic mass is 10.1. The van der Waals surface area contributed by atoms with E-state index in [4.69, 9.17) is 4.74 Å². The molecule has 1 unspecified atom stereocenters. The molecule has 2 aromatic rings. The monoisotopic (exact) mass is 372 g/mol. The molecule has 1 aliphatic rings. The highest BCUT2D eigenvalue weighted by Gasteiger charge is 2.22. The van der Waals surface area contributed by atoms with Crippen molar-refractivity contribution in [3.8, 4) is 0 Å². The largest absolute Gasteiger partial charge is 0.378 e. The van der Waals surface area contributed by atoms with Gasteiger partial charge in [0.15, 0.2) is 0 Å². The second kappa shape index (κ2) is 9.39. The molecule has 3 rings (SSSR count). The van der Waals surface area contributed by atoms with Crippen molar-refractivity contribution in [3.05, 3.63) is 44.8 Å². The molecule has 4 nitrogen and oxygen atoms in total. The number of halogens is 1. The maximum absolute atomic E-state index is 12.7. The van der Waals surface area contributed by atoms with Crippen molar-refractivity contribution < 1.29 is 9.53 Å². The number of ether oxygens (including phenoxy) is 1. The number of amides is 1. The Bertz CT molecular complexity index is 533. The SMILES string of the molecule is Cl.O=C(CC1COCCN1)N(Cc1cccs1)Cc1cccs1. The summed E-state index contributed by atoms with van der Waals surface area (Å²) in [5, 5.41) is 7.47. The molecular weight excluding hydrogens is 352 g/mol. The first kappa shape index (κ1) is 18.4. The molecule has 0 saturated carbocycles. The first-order valence-corrected chi connectivity index (χ1v) is 9.21. The van der Waals surface area contributed by atoms with Crippen LogP contribution in [-0.2, 0) is 22.6 Å². The molecule has 1 fully saturated rings. The predicted molar refractivity (Wildman–Crippen MR) is 97.4 cm³/mol. The Kier molecular flexibility index (Phi) is 7.52. The Balaban J connectivity index is 0.00000192. The fourth-order valence-electron chi connectivity index (χ4n) is 2.50. The van der Waals surface area contributed by atoms with Gasteiger partial charge < -0.3 is 15.0 Å². The quantitative estimate of drug-likeness (QED) is 0.846. The van der Waals surface area contributed by atoms with E-state index in [1.54, 1.807) is 22.7 Å². The maximum Gasteiger partial charge on any atom is 0.224 e. The highest BCUT2D eigenvalue weighted by molar-refractivity contribution is 7.10. The summed E-state index contributed by atoms with van der Waals surface area (Å²) in [6, 6.07) is 8.37. The van der Waals surface area contributed by atoms with Crippen LogP contribution in [0.4, 0.5) is 0 Å². The van der Waals surface area contributed by atoms with Gasteiger partial charge in [-0.25, -0.2) is 0 Å². The van der Waals surface area contributed by atoms with Crippen molar-refractivity contribution in [1.29, 1.82) is 0 Å². The van der Waals surface area contributed by atoms with Gasteiger partial charge in [0.25, 0.3) is 0 Å². The first-order chi connectivity index (χ1) is 10.8. The maximum atomic E-state index is 12.7. The van der Waals surface area contributed by atoms with Crippen LogP contribution in [-0.4, -0.2) is 36.6 Å². The lowest BCUT2D eigenvalue weighted by Gasteiger charge is -2.27. The number of nitrogens with one attached hydrogen (secondary N) is 1. The molecule has 0 spiro atoms. The molecule has 0 bridgehead atoms. The van der Waals surface area contributed by atoms with Crippen molar-refractivity contribution in [2.45, 2.75) is 25.6 Å². The van der Waals surface area contributed by atoms with Crippen LogP contribution in [0.1, 0.15) is 16.2 Å². The predicted octanol–water partition coefficient (Wildman–Crippen LogP) is 3.14. The van der Waals surface area contributed by atoms with Gasteiger partial charge in [0.05, 0.1) is 26.3 Å². The molecule has 7 heteroatoms. The summed E-state index contributed by atoms with van der Waals surface area (Å²) in [7, 11) is 0. The molecule has 0 aromatic carbocycles. The molecule has 1 atom stereocenters. The summed E-state index contributed by atoms with van der Waals surface area (Å²) in [5.74, 6) is 0.185. The van der Waals surface area contributed by atoms with Crippen LogP contribution in [0.3, 0.4) is 0 Å². The molecule has 1 amide bonds. The summed E-state index contributed by atoms with van der Waals surface area (Å²) in [4.78, 5) is 17.1. The second-order valence-electron chi connectivity index (χ2n) is 5.34. The standard InChI is InChI=1S/C16H20N2O2S2.ClH/c19-16(9-13-12-20-6-5-17-13)18(10-14-3-1-7-21-14)11-15-4-2-8-22-15;/h1-4,7-8,13,17H,5-6,9-12H2;1H. The third-order valence-corrected chi connectivity index (χ3v) is 5.35. The van der Waals surface area contributed by atoms with E-state index in [9.17, 15) is 4.79 Å². The number of morpholine rings is 1. The zero-order valence-electron chi connectivity index (χ0n) is 12.8. The smallest absolute Gasteiger partial charge is 0.224 e. The molecule has 1 N–H and O–H groups in total. The molecule has 1 saturated heterocycles. The molecule has 0 aliphatic carbocycles. The number of hydrogen-bond donors (Lipinski definition) is 1. The van der Waals surface area contributed by atoms with Crippen LogP contribution >= 0.6 is 35.1 Å². The third-order valence-electron chi connectivity index (χ3n) is 3.63. The van der Waals surface area contributed by atoms with E-state index in [-0.39, 0.29) is 24.4 Å². The van der Waals surface area contributed by atoms with Crippen LogP contribution in [0.15, 0.2) is 35.0 Å². The molecule has 126 valence electrons. The average molecular weight is 373 g/mol. The Morgan fingerprint density at radius 3 is 2.35 bits per heavy atom. The van der Waals surface area contributed by atoms with Crippen molar-refractivity contribution in [3.63, 3.8) is 0 Å². The van der Waals surface area contributed by atoms with E-state index in [1.165, 1.54) is 9.75 Å². The van der Waals surface area contributed by atoms with Gasteiger partial charge in [-0.15, -0.1) is 35.1 Å². The van der Waals surface area contributed by atoms with E-state index in [2.05, 4.69) is 28.2 Å². The Hall–Kier alpha value is -0.920. The highest BCUT2D eigenvalue weighted by Crippen LogP contribution is 2.18. The fraction of sp³-hybridized carbons (Fsp3) is 0.438.